The van der Waals surface area contributed by atoms with Gasteiger partial charge in [-0.1, -0.05) is 26.0 Å². The second kappa shape index (κ2) is 10.1. The van der Waals surface area contributed by atoms with Crippen molar-refractivity contribution in [2.45, 2.75) is 44.8 Å². The maximum absolute atomic E-state index is 13.4. The van der Waals surface area contributed by atoms with Crippen molar-refractivity contribution < 1.29 is 24.5 Å². The van der Waals surface area contributed by atoms with E-state index in [2.05, 4.69) is 15.3 Å². The summed E-state index contributed by atoms with van der Waals surface area (Å²) in [7, 11) is 1.71. The minimum absolute atomic E-state index is 0.0405. The quantitative estimate of drug-likeness (QED) is 0.509. The van der Waals surface area contributed by atoms with Crippen molar-refractivity contribution in [2.24, 2.45) is 0 Å². The van der Waals surface area contributed by atoms with Crippen molar-refractivity contribution in [2.75, 3.05) is 12.4 Å². The van der Waals surface area contributed by atoms with E-state index in [0.29, 0.717) is 22.8 Å². The van der Waals surface area contributed by atoms with Crippen molar-refractivity contribution >= 4 is 18.0 Å². The number of rotatable bonds is 9. The molecule has 1 aromatic heterocycles. The normalized spacial score (nSPS) is 13.6. The van der Waals surface area contributed by atoms with Crippen LogP contribution in [0, 0.1) is 5.82 Å². The predicted octanol–water partition coefficient (Wildman–Crippen LogP) is 3.05. The van der Waals surface area contributed by atoms with Gasteiger partial charge in [-0.3, -0.25) is 4.79 Å². The van der Waals surface area contributed by atoms with Crippen LogP contribution < -0.4 is 5.32 Å². The molecule has 0 aliphatic carbocycles. The van der Waals surface area contributed by atoms with Gasteiger partial charge < -0.3 is 20.6 Å². The molecule has 0 saturated heterocycles. The van der Waals surface area contributed by atoms with E-state index >= 15 is 0 Å². The highest BCUT2D eigenvalue weighted by Gasteiger charge is 2.18. The molecule has 0 fully saturated rings. The van der Waals surface area contributed by atoms with Crippen LogP contribution in [-0.4, -0.2) is 50.5 Å². The van der Waals surface area contributed by atoms with Crippen LogP contribution in [0.5, 0.6) is 0 Å². The van der Waals surface area contributed by atoms with E-state index < -0.39 is 24.6 Å². The summed E-state index contributed by atoms with van der Waals surface area (Å²) in [5.41, 5.74) is 2.66. The molecule has 4 N–H and O–H groups in total. The molecular formula is C21H26FN3O4. The number of aromatic nitrogens is 2. The van der Waals surface area contributed by atoms with Crippen LogP contribution in [0.25, 0.3) is 17.3 Å². The summed E-state index contributed by atoms with van der Waals surface area (Å²) in [5.74, 6) is -1.03. The van der Waals surface area contributed by atoms with E-state index in [0.717, 1.165) is 5.69 Å². The Bertz CT molecular complexity index is 869. The van der Waals surface area contributed by atoms with Gasteiger partial charge in [-0.05, 0) is 30.2 Å². The first-order valence-electron chi connectivity index (χ1n) is 9.33. The van der Waals surface area contributed by atoms with E-state index in [1.807, 2.05) is 13.8 Å². The Balaban J connectivity index is 2.45. The number of halogens is 1. The lowest BCUT2D eigenvalue weighted by Gasteiger charge is -2.16. The number of benzene rings is 1. The van der Waals surface area contributed by atoms with E-state index in [-0.39, 0.29) is 18.2 Å². The SMILES string of the molecule is CNc1nc(-c2ccc(F)cc2)c(C=CC(O)CC(O)CC(=O)O)c(C(C)C)n1. The highest BCUT2D eigenvalue weighted by Crippen LogP contribution is 2.30. The Hall–Kier alpha value is -2.84. The molecular weight excluding hydrogens is 377 g/mol. The molecule has 7 nitrogen and oxygen atoms in total. The third-order valence-electron chi connectivity index (χ3n) is 4.27. The second-order valence-electron chi connectivity index (χ2n) is 7.02. The van der Waals surface area contributed by atoms with Gasteiger partial charge in [0.1, 0.15) is 5.82 Å². The van der Waals surface area contributed by atoms with Crippen LogP contribution in [0.1, 0.15) is 43.9 Å². The highest BCUT2D eigenvalue weighted by atomic mass is 19.1. The molecule has 0 radical (unpaired) electrons. The predicted molar refractivity (Wildman–Crippen MR) is 109 cm³/mol. The van der Waals surface area contributed by atoms with Crippen molar-refractivity contribution in [3.8, 4) is 11.3 Å². The topological polar surface area (TPSA) is 116 Å². The number of aliphatic hydroxyl groups is 2. The van der Waals surface area contributed by atoms with E-state index in [1.165, 1.54) is 18.2 Å². The molecule has 8 heteroatoms. The number of nitrogens with zero attached hydrogens (tertiary/aromatic N) is 2. The van der Waals surface area contributed by atoms with Crippen molar-refractivity contribution in [3.05, 3.63) is 47.4 Å². The third-order valence-corrected chi connectivity index (χ3v) is 4.27. The monoisotopic (exact) mass is 403 g/mol. The van der Waals surface area contributed by atoms with Crippen LogP contribution >= 0.6 is 0 Å². The Morgan fingerprint density at radius 1 is 1.21 bits per heavy atom. The fourth-order valence-corrected chi connectivity index (χ4v) is 2.88. The van der Waals surface area contributed by atoms with Gasteiger partial charge in [-0.2, -0.15) is 0 Å². The van der Waals surface area contributed by atoms with Crippen molar-refractivity contribution in [1.82, 2.24) is 9.97 Å². The summed E-state index contributed by atoms with van der Waals surface area (Å²) in [6.45, 7) is 3.95. The number of nitrogens with one attached hydrogen (secondary N) is 1. The Morgan fingerprint density at radius 3 is 2.41 bits per heavy atom. The van der Waals surface area contributed by atoms with Crippen LogP contribution in [0.15, 0.2) is 30.3 Å². The summed E-state index contributed by atoms with van der Waals surface area (Å²) in [6.07, 6.45) is 0.378. The fourth-order valence-electron chi connectivity index (χ4n) is 2.88. The molecule has 2 rings (SSSR count). The minimum Gasteiger partial charge on any atom is -0.481 e. The molecule has 0 amide bonds. The van der Waals surface area contributed by atoms with Crippen molar-refractivity contribution in [3.63, 3.8) is 0 Å². The average molecular weight is 403 g/mol. The Labute approximate surface area is 169 Å². The largest absolute Gasteiger partial charge is 0.481 e. The smallest absolute Gasteiger partial charge is 0.305 e. The van der Waals surface area contributed by atoms with Gasteiger partial charge in [-0.15, -0.1) is 0 Å². The van der Waals surface area contributed by atoms with Crippen molar-refractivity contribution in [1.29, 1.82) is 0 Å². The molecule has 29 heavy (non-hydrogen) atoms. The van der Waals surface area contributed by atoms with Crippen LogP contribution in [0.2, 0.25) is 0 Å². The summed E-state index contributed by atoms with van der Waals surface area (Å²) in [6, 6.07) is 5.92. The Kier molecular flexibility index (Phi) is 7.81. The number of hydrogen-bond acceptors (Lipinski definition) is 6. The van der Waals surface area contributed by atoms with Gasteiger partial charge in [0, 0.05) is 24.6 Å². The van der Waals surface area contributed by atoms with Gasteiger partial charge in [0.25, 0.3) is 0 Å². The number of aliphatic hydroxyl groups excluding tert-OH is 2. The first-order chi connectivity index (χ1) is 13.7. The Morgan fingerprint density at radius 2 is 1.86 bits per heavy atom. The number of anilines is 1. The minimum atomic E-state index is -1.16. The van der Waals surface area contributed by atoms with Crippen LogP contribution in [-0.2, 0) is 4.79 Å². The van der Waals surface area contributed by atoms with Gasteiger partial charge in [0.2, 0.25) is 5.95 Å². The standard InChI is InChI=1S/C21H26FN3O4/c1-12(2)19-17(9-8-15(26)10-16(27)11-18(28)29)20(25-21(23-3)24-19)13-4-6-14(22)7-5-13/h4-9,12,15-16,26-27H,10-11H2,1-3H3,(H,28,29)(H,23,24,25). The summed E-state index contributed by atoms with van der Waals surface area (Å²) >= 11 is 0. The molecule has 156 valence electrons. The second-order valence-corrected chi connectivity index (χ2v) is 7.02. The molecule has 1 heterocycles. The molecule has 2 atom stereocenters. The van der Waals surface area contributed by atoms with E-state index in [4.69, 9.17) is 5.11 Å². The number of carbonyl (C=O) groups is 1. The molecule has 0 spiro atoms. The zero-order valence-corrected chi connectivity index (χ0v) is 16.6. The summed E-state index contributed by atoms with van der Waals surface area (Å²) < 4.78 is 13.4. The lowest BCUT2D eigenvalue weighted by atomic mass is 9.97. The molecule has 2 aromatic rings. The van der Waals surface area contributed by atoms with Crippen LogP contribution in [0.3, 0.4) is 0 Å². The van der Waals surface area contributed by atoms with Gasteiger partial charge >= 0.3 is 5.97 Å². The summed E-state index contributed by atoms with van der Waals surface area (Å²) in [5, 5.41) is 31.5. The molecule has 0 bridgehead atoms. The number of hydrogen-bond donors (Lipinski definition) is 4. The molecule has 0 aliphatic heterocycles. The zero-order chi connectivity index (χ0) is 21.6. The molecule has 0 saturated carbocycles. The number of carboxylic acids is 1. The number of carboxylic acid groups (broad SMARTS) is 1. The average Bonchev–Trinajstić information content (AvgIpc) is 2.65. The molecule has 2 unspecified atom stereocenters. The highest BCUT2D eigenvalue weighted by molar-refractivity contribution is 5.74. The lowest BCUT2D eigenvalue weighted by molar-refractivity contribution is -0.139. The molecule has 1 aromatic carbocycles. The number of aliphatic carboxylic acids is 1. The zero-order valence-electron chi connectivity index (χ0n) is 16.6. The maximum Gasteiger partial charge on any atom is 0.305 e. The van der Waals surface area contributed by atoms with E-state index in [1.54, 1.807) is 25.3 Å². The van der Waals surface area contributed by atoms with Crippen LogP contribution in [0.4, 0.5) is 10.3 Å². The van der Waals surface area contributed by atoms with Gasteiger partial charge in [0.05, 0.1) is 30.0 Å². The molecule has 0 aliphatic rings. The van der Waals surface area contributed by atoms with E-state index in [9.17, 15) is 19.4 Å². The maximum atomic E-state index is 13.4. The first kappa shape index (κ1) is 22.4. The fraction of sp³-hybridized carbons (Fsp3) is 0.381. The summed E-state index contributed by atoms with van der Waals surface area (Å²) in [4.78, 5) is 19.7. The van der Waals surface area contributed by atoms with Gasteiger partial charge in [-0.25, -0.2) is 14.4 Å². The van der Waals surface area contributed by atoms with Gasteiger partial charge in [0.15, 0.2) is 0 Å². The lowest BCUT2D eigenvalue weighted by Crippen LogP contribution is -2.19. The first-order valence-corrected chi connectivity index (χ1v) is 9.33. The third kappa shape index (κ3) is 6.33.